The van der Waals surface area contributed by atoms with E-state index in [1.807, 2.05) is 29.7 Å². The van der Waals surface area contributed by atoms with Gasteiger partial charge in [0.05, 0.1) is 19.2 Å². The van der Waals surface area contributed by atoms with Crippen LogP contribution in [0.15, 0.2) is 42.5 Å². The molecule has 4 rings (SSSR count). The molecular formula is C20H22FN2O2S+. The van der Waals surface area contributed by atoms with Crippen molar-refractivity contribution in [1.29, 1.82) is 0 Å². The Morgan fingerprint density at radius 1 is 1.27 bits per heavy atom. The fourth-order valence-corrected chi connectivity index (χ4v) is 4.86. The van der Waals surface area contributed by atoms with Gasteiger partial charge in [0.1, 0.15) is 17.3 Å². The first kappa shape index (κ1) is 17.4. The van der Waals surface area contributed by atoms with E-state index in [0.29, 0.717) is 18.8 Å². The number of thioether (sulfide) groups is 1. The average Bonchev–Trinajstić information content (AvgIpc) is 2.96. The number of aliphatic hydroxyl groups is 1. The van der Waals surface area contributed by atoms with Gasteiger partial charge in [-0.2, -0.15) is 0 Å². The summed E-state index contributed by atoms with van der Waals surface area (Å²) in [6.07, 6.45) is 0.954. The minimum Gasteiger partial charge on any atom is -0.497 e. The molecule has 0 radical (unpaired) electrons. The zero-order chi connectivity index (χ0) is 18.3. The lowest BCUT2D eigenvalue weighted by Gasteiger charge is -2.24. The molecule has 2 aliphatic rings. The number of aryl methyl sites for hydroxylation is 1. The van der Waals surface area contributed by atoms with Gasteiger partial charge in [0.25, 0.3) is 5.72 Å². The number of amidine groups is 1. The van der Waals surface area contributed by atoms with Crippen LogP contribution in [0.4, 0.5) is 10.1 Å². The molecule has 0 bridgehead atoms. The Morgan fingerprint density at radius 3 is 2.85 bits per heavy atom. The highest BCUT2D eigenvalue weighted by molar-refractivity contribution is 8.13. The van der Waals surface area contributed by atoms with E-state index in [2.05, 4.69) is 11.0 Å². The summed E-state index contributed by atoms with van der Waals surface area (Å²) >= 11 is 1.71. The maximum atomic E-state index is 14.8. The monoisotopic (exact) mass is 373 g/mol. The van der Waals surface area contributed by atoms with Crippen molar-refractivity contribution in [2.45, 2.75) is 19.1 Å². The van der Waals surface area contributed by atoms with E-state index in [-0.39, 0.29) is 5.56 Å². The van der Waals surface area contributed by atoms with Gasteiger partial charge >= 0.3 is 5.17 Å². The zero-order valence-corrected chi connectivity index (χ0v) is 15.7. The molecule has 1 atom stereocenters. The highest BCUT2D eigenvalue weighted by Gasteiger charge is 2.54. The van der Waals surface area contributed by atoms with Crippen molar-refractivity contribution in [2.75, 3.05) is 30.9 Å². The Kier molecular flexibility index (Phi) is 4.40. The van der Waals surface area contributed by atoms with Crippen LogP contribution in [-0.2, 0) is 5.72 Å². The number of methoxy groups -OCH3 is 1. The first-order chi connectivity index (χ1) is 12.5. The quantitative estimate of drug-likeness (QED) is 0.838. The van der Waals surface area contributed by atoms with Crippen LogP contribution in [0.1, 0.15) is 17.5 Å². The smallest absolute Gasteiger partial charge is 0.316 e. The molecular weight excluding hydrogens is 351 g/mol. The highest BCUT2D eigenvalue weighted by atomic mass is 32.2. The van der Waals surface area contributed by atoms with Crippen molar-refractivity contribution in [3.63, 3.8) is 0 Å². The van der Waals surface area contributed by atoms with Gasteiger partial charge in [-0.15, -0.1) is 0 Å². The Bertz CT molecular complexity index is 886. The molecule has 0 saturated carbocycles. The number of nitrogens with zero attached hydrogens (tertiary/aromatic N) is 2. The van der Waals surface area contributed by atoms with Gasteiger partial charge in [-0.25, -0.2) is 13.9 Å². The largest absolute Gasteiger partial charge is 0.497 e. The summed E-state index contributed by atoms with van der Waals surface area (Å²) < 4.78 is 21.8. The molecule has 0 amide bonds. The second-order valence-corrected chi connectivity index (χ2v) is 7.79. The topological polar surface area (TPSA) is 35.7 Å². The standard InChI is InChI=1S/C20H22FN2O2S/c1-14-5-3-6-15(11-14)22-13-20(24,23-9-4-10-26-19(22)23)17-8-7-16(25-2)12-18(17)21/h3,5-8,11-12,24H,4,9-10,13H2,1-2H3/q+1. The Hall–Kier alpha value is -2.05. The van der Waals surface area contributed by atoms with Gasteiger partial charge in [-0.3, -0.25) is 0 Å². The summed E-state index contributed by atoms with van der Waals surface area (Å²) in [4.78, 5) is 2.10. The van der Waals surface area contributed by atoms with Crippen LogP contribution < -0.4 is 9.64 Å². The van der Waals surface area contributed by atoms with E-state index in [0.717, 1.165) is 28.6 Å². The van der Waals surface area contributed by atoms with Gasteiger partial charge < -0.3 is 9.84 Å². The second kappa shape index (κ2) is 6.59. The van der Waals surface area contributed by atoms with Crippen LogP contribution in [-0.4, -0.2) is 40.8 Å². The molecule has 136 valence electrons. The van der Waals surface area contributed by atoms with Gasteiger partial charge in [-0.1, -0.05) is 12.1 Å². The molecule has 1 unspecified atom stereocenters. The van der Waals surface area contributed by atoms with E-state index in [4.69, 9.17) is 4.74 Å². The summed E-state index contributed by atoms with van der Waals surface area (Å²) in [6.45, 7) is 3.04. The lowest BCUT2D eigenvalue weighted by Crippen LogP contribution is -2.42. The first-order valence-electron chi connectivity index (χ1n) is 8.71. The number of hydrogen-bond acceptors (Lipinski definition) is 4. The summed E-state index contributed by atoms with van der Waals surface area (Å²) in [5.41, 5.74) is 1.06. The van der Waals surface area contributed by atoms with Crippen LogP contribution in [0, 0.1) is 12.7 Å². The number of halogens is 1. The SMILES string of the molecule is COc1ccc(C2(O)CN(c3cccc(C)c3)C3=[N+]2CCCS3)c(F)c1. The van der Waals surface area contributed by atoms with Crippen molar-refractivity contribution in [3.05, 3.63) is 59.4 Å². The third kappa shape index (κ3) is 2.77. The van der Waals surface area contributed by atoms with E-state index < -0.39 is 11.5 Å². The summed E-state index contributed by atoms with van der Waals surface area (Å²) in [6, 6.07) is 12.8. The van der Waals surface area contributed by atoms with Crippen molar-refractivity contribution in [2.24, 2.45) is 0 Å². The Balaban J connectivity index is 1.81. The molecule has 1 N–H and O–H groups in total. The van der Waals surface area contributed by atoms with Crippen LogP contribution in [0.5, 0.6) is 5.75 Å². The molecule has 6 heteroatoms. The predicted octanol–water partition coefficient (Wildman–Crippen LogP) is 3.31. The lowest BCUT2D eigenvalue weighted by atomic mass is 10.0. The highest BCUT2D eigenvalue weighted by Crippen LogP contribution is 2.39. The van der Waals surface area contributed by atoms with Crippen LogP contribution in [0.25, 0.3) is 0 Å². The van der Waals surface area contributed by atoms with Crippen LogP contribution >= 0.6 is 11.8 Å². The molecule has 2 aliphatic heterocycles. The third-order valence-electron chi connectivity index (χ3n) is 4.97. The van der Waals surface area contributed by atoms with Crippen molar-refractivity contribution in [3.8, 4) is 5.75 Å². The second-order valence-electron chi connectivity index (χ2n) is 6.72. The molecule has 2 aromatic rings. The van der Waals surface area contributed by atoms with E-state index in [1.54, 1.807) is 23.9 Å². The van der Waals surface area contributed by atoms with Gasteiger partial charge in [0.15, 0.2) is 6.54 Å². The van der Waals surface area contributed by atoms with Gasteiger partial charge in [-0.05, 0) is 54.9 Å². The number of anilines is 1. The summed E-state index contributed by atoms with van der Waals surface area (Å²) in [5, 5.41) is 12.6. The molecule has 4 nitrogen and oxygen atoms in total. The molecule has 0 saturated heterocycles. The predicted molar refractivity (Wildman–Crippen MR) is 103 cm³/mol. The average molecular weight is 373 g/mol. The normalized spacial score (nSPS) is 22.5. The molecule has 0 aromatic heterocycles. The lowest BCUT2D eigenvalue weighted by molar-refractivity contribution is -0.657. The van der Waals surface area contributed by atoms with E-state index in [1.165, 1.54) is 13.2 Å². The van der Waals surface area contributed by atoms with E-state index >= 15 is 0 Å². The van der Waals surface area contributed by atoms with Gasteiger partial charge in [0, 0.05) is 11.8 Å². The molecule has 26 heavy (non-hydrogen) atoms. The number of β-amino-alcohol motifs (C(OH)–C–C–N with tert-alkyl or cyclic N) is 1. The first-order valence-corrected chi connectivity index (χ1v) is 9.69. The molecule has 0 spiro atoms. The molecule has 2 heterocycles. The Labute approximate surface area is 156 Å². The third-order valence-corrected chi connectivity index (χ3v) is 6.16. The van der Waals surface area contributed by atoms with Crippen LogP contribution in [0.2, 0.25) is 0 Å². The molecule has 2 aromatic carbocycles. The number of benzene rings is 2. The summed E-state index contributed by atoms with van der Waals surface area (Å²) in [5.74, 6) is 0.989. The van der Waals surface area contributed by atoms with Crippen molar-refractivity contribution >= 4 is 22.6 Å². The fraction of sp³-hybridized carbons (Fsp3) is 0.350. The number of rotatable bonds is 3. The van der Waals surface area contributed by atoms with Crippen LogP contribution in [0.3, 0.4) is 0 Å². The fourth-order valence-electron chi connectivity index (χ4n) is 3.68. The molecule has 0 aliphatic carbocycles. The molecule has 0 fully saturated rings. The zero-order valence-electron chi connectivity index (χ0n) is 14.9. The minimum atomic E-state index is -1.40. The number of ether oxygens (including phenoxy) is 1. The van der Waals surface area contributed by atoms with Gasteiger partial charge in [0.2, 0.25) is 0 Å². The van der Waals surface area contributed by atoms with Crippen molar-refractivity contribution < 1.29 is 18.8 Å². The maximum absolute atomic E-state index is 14.8. The minimum absolute atomic E-state index is 0.286. The summed E-state index contributed by atoms with van der Waals surface area (Å²) in [7, 11) is 1.51. The van der Waals surface area contributed by atoms with E-state index in [9.17, 15) is 9.50 Å². The Morgan fingerprint density at radius 2 is 2.12 bits per heavy atom. The van der Waals surface area contributed by atoms with Crippen molar-refractivity contribution in [1.82, 2.24) is 0 Å². The maximum Gasteiger partial charge on any atom is 0.316 e. The number of hydrogen-bond donors (Lipinski definition) is 1.